The Labute approximate surface area is 120 Å². The Hall–Kier alpha value is -1.30. The Kier molecular flexibility index (Phi) is 8.14. The molecule has 0 aliphatic carbocycles. The highest BCUT2D eigenvalue weighted by Crippen LogP contribution is 2.20. The molecule has 19 heavy (non-hydrogen) atoms. The van der Waals surface area contributed by atoms with E-state index in [1.807, 2.05) is 6.92 Å². The van der Waals surface area contributed by atoms with Crippen molar-refractivity contribution < 1.29 is 0 Å². The van der Waals surface area contributed by atoms with Crippen LogP contribution in [0.1, 0.15) is 54.9 Å². The maximum atomic E-state index is 3.94. The van der Waals surface area contributed by atoms with Crippen molar-refractivity contribution in [3.05, 3.63) is 58.7 Å². The standard InChI is InChI=1S/C19H30/c1-9-18(12-15(4)5)19(11-10-14(2)3)13-17(8)16(6)7/h10-13,16H,2,9H2,1,3-8H3/b11-10-,17-13+,19-18+. The van der Waals surface area contributed by atoms with E-state index in [0.717, 1.165) is 12.0 Å². The fourth-order valence-corrected chi connectivity index (χ4v) is 1.63. The molecule has 0 aromatic carbocycles. The third-order valence-electron chi connectivity index (χ3n) is 3.06. The monoisotopic (exact) mass is 258 g/mol. The molecule has 0 saturated carbocycles. The minimum atomic E-state index is 0.582. The molecule has 0 spiro atoms. The van der Waals surface area contributed by atoms with Gasteiger partial charge < -0.3 is 0 Å². The van der Waals surface area contributed by atoms with Gasteiger partial charge in [0.1, 0.15) is 0 Å². The summed E-state index contributed by atoms with van der Waals surface area (Å²) >= 11 is 0. The van der Waals surface area contributed by atoms with E-state index in [9.17, 15) is 0 Å². The molecule has 0 aromatic heterocycles. The first-order valence-electron chi connectivity index (χ1n) is 7.17. The summed E-state index contributed by atoms with van der Waals surface area (Å²) < 4.78 is 0. The lowest BCUT2D eigenvalue weighted by molar-refractivity contribution is 0.768. The first kappa shape index (κ1) is 17.7. The van der Waals surface area contributed by atoms with Gasteiger partial charge in [-0.1, -0.05) is 68.4 Å². The van der Waals surface area contributed by atoms with Gasteiger partial charge in [0.25, 0.3) is 0 Å². The van der Waals surface area contributed by atoms with Crippen LogP contribution in [0.15, 0.2) is 58.7 Å². The van der Waals surface area contributed by atoms with Gasteiger partial charge in [0.2, 0.25) is 0 Å². The zero-order valence-corrected chi connectivity index (χ0v) is 13.8. The summed E-state index contributed by atoms with van der Waals surface area (Å²) in [5.74, 6) is 0.582. The average Bonchev–Trinajstić information content (AvgIpc) is 2.30. The van der Waals surface area contributed by atoms with Crippen molar-refractivity contribution >= 4 is 0 Å². The predicted molar refractivity (Wildman–Crippen MR) is 89.3 cm³/mol. The minimum absolute atomic E-state index is 0.582. The van der Waals surface area contributed by atoms with Crippen LogP contribution in [0.5, 0.6) is 0 Å². The summed E-state index contributed by atoms with van der Waals surface area (Å²) in [7, 11) is 0. The van der Waals surface area contributed by atoms with E-state index >= 15 is 0 Å². The van der Waals surface area contributed by atoms with Crippen LogP contribution >= 0.6 is 0 Å². The molecule has 0 heterocycles. The lowest BCUT2D eigenvalue weighted by Gasteiger charge is -2.09. The number of hydrogen-bond donors (Lipinski definition) is 0. The Morgan fingerprint density at radius 2 is 1.58 bits per heavy atom. The molecular weight excluding hydrogens is 228 g/mol. The van der Waals surface area contributed by atoms with Crippen LogP contribution < -0.4 is 0 Å². The van der Waals surface area contributed by atoms with Crippen LogP contribution in [-0.2, 0) is 0 Å². The van der Waals surface area contributed by atoms with Crippen molar-refractivity contribution in [3.63, 3.8) is 0 Å². The smallest absolute Gasteiger partial charge is 0.0225 e. The molecule has 106 valence electrons. The lowest BCUT2D eigenvalue weighted by atomic mass is 9.96. The summed E-state index contributed by atoms with van der Waals surface area (Å²) in [5.41, 5.74) is 6.53. The second kappa shape index (κ2) is 8.74. The van der Waals surface area contributed by atoms with E-state index in [1.165, 1.54) is 22.3 Å². The third kappa shape index (κ3) is 7.66. The Morgan fingerprint density at radius 1 is 1.00 bits per heavy atom. The van der Waals surface area contributed by atoms with Gasteiger partial charge in [0.05, 0.1) is 0 Å². The van der Waals surface area contributed by atoms with Crippen molar-refractivity contribution in [2.24, 2.45) is 5.92 Å². The predicted octanol–water partition coefficient (Wildman–Crippen LogP) is 6.39. The molecule has 0 nitrogen and oxygen atoms in total. The SMILES string of the molecule is C=C(C)\C=C/C(/C=C(\C)C(C)C)=C(\C=C(C)C)CC. The normalized spacial score (nSPS) is 13.8. The minimum Gasteiger partial charge on any atom is -0.0961 e. The largest absolute Gasteiger partial charge is 0.0961 e. The van der Waals surface area contributed by atoms with E-state index < -0.39 is 0 Å². The maximum Gasteiger partial charge on any atom is -0.0225 e. The van der Waals surface area contributed by atoms with Gasteiger partial charge in [-0.15, -0.1) is 0 Å². The zero-order chi connectivity index (χ0) is 15.0. The molecule has 0 aliphatic heterocycles. The highest BCUT2D eigenvalue weighted by atomic mass is 14.1. The van der Waals surface area contributed by atoms with Crippen LogP contribution in [0.25, 0.3) is 0 Å². The second-order valence-corrected chi connectivity index (χ2v) is 5.78. The van der Waals surface area contributed by atoms with E-state index in [-0.39, 0.29) is 0 Å². The quantitative estimate of drug-likeness (QED) is 0.484. The van der Waals surface area contributed by atoms with Crippen LogP contribution in [-0.4, -0.2) is 0 Å². The van der Waals surface area contributed by atoms with Crippen molar-refractivity contribution in [1.82, 2.24) is 0 Å². The molecule has 0 fully saturated rings. The van der Waals surface area contributed by atoms with Gasteiger partial charge in [-0.2, -0.15) is 0 Å². The summed E-state index contributed by atoms with van der Waals surface area (Å²) in [6.45, 7) is 19.1. The molecule has 0 atom stereocenters. The van der Waals surface area contributed by atoms with Gasteiger partial charge in [0, 0.05) is 0 Å². The molecule has 0 rings (SSSR count). The highest BCUT2D eigenvalue weighted by molar-refractivity contribution is 5.44. The Balaban J connectivity index is 5.73. The van der Waals surface area contributed by atoms with Gasteiger partial charge in [-0.3, -0.25) is 0 Å². The van der Waals surface area contributed by atoms with Crippen molar-refractivity contribution in [2.75, 3.05) is 0 Å². The Bertz CT molecular complexity index is 419. The lowest BCUT2D eigenvalue weighted by Crippen LogP contribution is -1.92. The molecule has 0 heteroatoms. The summed E-state index contributed by atoms with van der Waals surface area (Å²) in [6, 6.07) is 0. The van der Waals surface area contributed by atoms with Gasteiger partial charge in [-0.05, 0) is 51.2 Å². The van der Waals surface area contributed by atoms with E-state index in [1.54, 1.807) is 0 Å². The molecular formula is C19H30. The summed E-state index contributed by atoms with van der Waals surface area (Å²) in [6.07, 6.45) is 9.91. The fourth-order valence-electron chi connectivity index (χ4n) is 1.63. The molecule has 0 N–H and O–H groups in total. The van der Waals surface area contributed by atoms with E-state index in [2.05, 4.69) is 72.4 Å². The van der Waals surface area contributed by atoms with Crippen molar-refractivity contribution in [1.29, 1.82) is 0 Å². The van der Waals surface area contributed by atoms with Gasteiger partial charge >= 0.3 is 0 Å². The zero-order valence-electron chi connectivity index (χ0n) is 13.8. The van der Waals surface area contributed by atoms with Crippen LogP contribution in [0.4, 0.5) is 0 Å². The third-order valence-corrected chi connectivity index (χ3v) is 3.06. The van der Waals surface area contributed by atoms with Crippen LogP contribution in [0.2, 0.25) is 0 Å². The Morgan fingerprint density at radius 3 is 1.95 bits per heavy atom. The van der Waals surface area contributed by atoms with Crippen molar-refractivity contribution in [2.45, 2.75) is 54.9 Å². The van der Waals surface area contributed by atoms with E-state index in [0.29, 0.717) is 5.92 Å². The second-order valence-electron chi connectivity index (χ2n) is 5.78. The number of allylic oxidation sites excluding steroid dienone is 9. The van der Waals surface area contributed by atoms with Crippen LogP contribution in [0.3, 0.4) is 0 Å². The molecule has 0 amide bonds. The molecule has 0 aliphatic rings. The highest BCUT2D eigenvalue weighted by Gasteiger charge is 2.01. The molecule has 0 radical (unpaired) electrons. The topological polar surface area (TPSA) is 0 Å². The van der Waals surface area contributed by atoms with E-state index in [4.69, 9.17) is 0 Å². The van der Waals surface area contributed by atoms with Gasteiger partial charge in [-0.25, -0.2) is 0 Å². The first-order valence-corrected chi connectivity index (χ1v) is 7.17. The van der Waals surface area contributed by atoms with Gasteiger partial charge in [0.15, 0.2) is 0 Å². The molecule has 0 bridgehead atoms. The van der Waals surface area contributed by atoms with Crippen molar-refractivity contribution in [3.8, 4) is 0 Å². The average molecular weight is 258 g/mol. The number of hydrogen-bond acceptors (Lipinski definition) is 0. The van der Waals surface area contributed by atoms with Crippen LogP contribution in [0, 0.1) is 5.92 Å². The fraction of sp³-hybridized carbons (Fsp3) is 0.474. The molecule has 0 aromatic rings. The molecule has 0 saturated heterocycles. The maximum absolute atomic E-state index is 3.94. The first-order chi connectivity index (χ1) is 8.77. The molecule has 0 unspecified atom stereocenters. The number of rotatable bonds is 6. The summed E-state index contributed by atoms with van der Waals surface area (Å²) in [5, 5.41) is 0. The summed E-state index contributed by atoms with van der Waals surface area (Å²) in [4.78, 5) is 0.